The summed E-state index contributed by atoms with van der Waals surface area (Å²) >= 11 is 0. The second-order valence-electron chi connectivity index (χ2n) is 2.46. The van der Waals surface area contributed by atoms with E-state index in [1.54, 1.807) is 0 Å². The highest BCUT2D eigenvalue weighted by molar-refractivity contribution is 4.89. The molecule has 0 spiro atoms. The number of aliphatic hydroxyl groups excluding tert-OH is 1. The average molecular weight is 156 g/mol. The van der Waals surface area contributed by atoms with Gasteiger partial charge in [0, 0.05) is 6.42 Å². The Labute approximate surface area is 66.3 Å². The Morgan fingerprint density at radius 2 is 2.45 bits per heavy atom. The lowest BCUT2D eigenvalue weighted by Gasteiger charge is -2.25. The third-order valence-corrected chi connectivity index (χ3v) is 1.60. The van der Waals surface area contributed by atoms with Crippen LogP contribution in [0.5, 0.6) is 0 Å². The fraction of sp³-hybridized carbons (Fsp3) is 0.750. The zero-order valence-electron chi connectivity index (χ0n) is 6.32. The number of ether oxygens (including phenoxy) is 2. The first-order chi connectivity index (χ1) is 5.34. The molecule has 0 aliphatic carbocycles. The third kappa shape index (κ3) is 2.51. The molecule has 0 radical (unpaired) electrons. The lowest BCUT2D eigenvalue weighted by atomic mass is 10.1. The van der Waals surface area contributed by atoms with Crippen LogP contribution in [0, 0.1) is 12.3 Å². The van der Waals surface area contributed by atoms with E-state index in [0.717, 1.165) is 0 Å². The van der Waals surface area contributed by atoms with Crippen LogP contribution >= 0.6 is 0 Å². The molecule has 11 heavy (non-hydrogen) atoms. The summed E-state index contributed by atoms with van der Waals surface area (Å²) in [5, 5.41) is 9.33. The van der Waals surface area contributed by atoms with Crippen molar-refractivity contribution in [1.29, 1.82) is 0 Å². The lowest BCUT2D eigenvalue weighted by Crippen LogP contribution is -2.38. The van der Waals surface area contributed by atoms with Crippen molar-refractivity contribution in [1.82, 2.24) is 0 Å². The molecule has 0 aromatic rings. The Balaban J connectivity index is 2.27. The van der Waals surface area contributed by atoms with Gasteiger partial charge in [-0.1, -0.05) is 0 Å². The predicted octanol–water partition coefficient (Wildman–Crippen LogP) is -0.214. The highest BCUT2D eigenvalue weighted by Gasteiger charge is 2.21. The summed E-state index contributed by atoms with van der Waals surface area (Å²) in [6.45, 7) is 1.61. The maximum absolute atomic E-state index is 9.33. The van der Waals surface area contributed by atoms with Crippen LogP contribution in [-0.4, -0.2) is 37.1 Å². The maximum Gasteiger partial charge on any atom is 0.108 e. The van der Waals surface area contributed by atoms with Gasteiger partial charge in [0.2, 0.25) is 0 Å². The smallest absolute Gasteiger partial charge is 0.108 e. The van der Waals surface area contributed by atoms with Crippen LogP contribution in [0.3, 0.4) is 0 Å². The van der Waals surface area contributed by atoms with Gasteiger partial charge in [0.05, 0.1) is 25.9 Å². The molecular weight excluding hydrogens is 144 g/mol. The number of terminal acetylenes is 1. The van der Waals surface area contributed by atoms with Gasteiger partial charge in [-0.05, 0) is 0 Å². The van der Waals surface area contributed by atoms with Gasteiger partial charge in [-0.15, -0.1) is 12.3 Å². The van der Waals surface area contributed by atoms with Crippen LogP contribution in [0.15, 0.2) is 0 Å². The number of rotatable bonds is 2. The van der Waals surface area contributed by atoms with Gasteiger partial charge in [0.1, 0.15) is 6.10 Å². The van der Waals surface area contributed by atoms with Crippen LogP contribution in [0.1, 0.15) is 6.42 Å². The van der Waals surface area contributed by atoms with Gasteiger partial charge < -0.3 is 14.6 Å². The molecule has 0 aromatic carbocycles. The summed E-state index contributed by atoms with van der Waals surface area (Å²) in [7, 11) is 0. The van der Waals surface area contributed by atoms with E-state index in [2.05, 4.69) is 5.92 Å². The Morgan fingerprint density at radius 1 is 1.64 bits per heavy atom. The molecule has 2 unspecified atom stereocenters. The average Bonchev–Trinajstić information content (AvgIpc) is 2.07. The summed E-state index contributed by atoms with van der Waals surface area (Å²) < 4.78 is 10.3. The molecule has 1 aliphatic heterocycles. The van der Waals surface area contributed by atoms with Gasteiger partial charge in [0.25, 0.3) is 0 Å². The lowest BCUT2D eigenvalue weighted by molar-refractivity contribution is -0.130. The monoisotopic (exact) mass is 156 g/mol. The zero-order chi connectivity index (χ0) is 8.10. The molecule has 0 saturated carbocycles. The van der Waals surface area contributed by atoms with E-state index in [1.807, 2.05) is 0 Å². The van der Waals surface area contributed by atoms with E-state index in [0.29, 0.717) is 26.2 Å². The predicted molar refractivity (Wildman–Crippen MR) is 40.0 cm³/mol. The van der Waals surface area contributed by atoms with E-state index in [1.165, 1.54) is 0 Å². The van der Waals surface area contributed by atoms with Gasteiger partial charge in [0.15, 0.2) is 0 Å². The second-order valence-corrected chi connectivity index (χ2v) is 2.46. The molecular formula is C8H12O3. The van der Waals surface area contributed by atoms with Crippen LogP contribution in [0.4, 0.5) is 0 Å². The van der Waals surface area contributed by atoms with E-state index in [9.17, 15) is 5.11 Å². The van der Waals surface area contributed by atoms with E-state index in [4.69, 9.17) is 15.9 Å². The molecule has 62 valence electrons. The maximum atomic E-state index is 9.33. The standard InChI is InChI=1S/C8H12O3/c1-2-3-7(9)8-6-10-4-5-11-8/h1,7-9H,3-6H2. The van der Waals surface area contributed by atoms with Gasteiger partial charge in [-0.3, -0.25) is 0 Å². The molecule has 3 nitrogen and oxygen atoms in total. The normalized spacial score (nSPS) is 27.5. The van der Waals surface area contributed by atoms with E-state index >= 15 is 0 Å². The van der Waals surface area contributed by atoms with Crippen molar-refractivity contribution in [2.24, 2.45) is 0 Å². The minimum Gasteiger partial charge on any atom is -0.389 e. The first-order valence-electron chi connectivity index (χ1n) is 3.65. The highest BCUT2D eigenvalue weighted by atomic mass is 16.6. The first kappa shape index (κ1) is 8.54. The zero-order valence-corrected chi connectivity index (χ0v) is 6.32. The van der Waals surface area contributed by atoms with Crippen LogP contribution in [0.2, 0.25) is 0 Å². The fourth-order valence-electron chi connectivity index (χ4n) is 0.980. The molecule has 1 rings (SSSR count). The van der Waals surface area contributed by atoms with Crippen molar-refractivity contribution >= 4 is 0 Å². The first-order valence-corrected chi connectivity index (χ1v) is 3.65. The Kier molecular flexibility index (Phi) is 3.37. The molecule has 3 heteroatoms. The highest BCUT2D eigenvalue weighted by Crippen LogP contribution is 2.07. The summed E-state index contributed by atoms with van der Waals surface area (Å²) in [4.78, 5) is 0. The van der Waals surface area contributed by atoms with E-state index < -0.39 is 6.10 Å². The number of aliphatic hydroxyl groups is 1. The van der Waals surface area contributed by atoms with Gasteiger partial charge in [-0.25, -0.2) is 0 Å². The minimum absolute atomic E-state index is 0.236. The molecule has 1 saturated heterocycles. The molecule has 1 N–H and O–H groups in total. The topological polar surface area (TPSA) is 38.7 Å². The van der Waals surface area contributed by atoms with Crippen LogP contribution in [-0.2, 0) is 9.47 Å². The molecule has 1 heterocycles. The minimum atomic E-state index is -0.583. The molecule has 0 aromatic heterocycles. The molecule has 1 fully saturated rings. The number of hydrogen-bond donors (Lipinski definition) is 1. The van der Waals surface area contributed by atoms with Gasteiger partial charge >= 0.3 is 0 Å². The van der Waals surface area contributed by atoms with Crippen LogP contribution < -0.4 is 0 Å². The molecule has 0 bridgehead atoms. The van der Waals surface area contributed by atoms with Crippen molar-refractivity contribution in [3.05, 3.63) is 0 Å². The Hall–Kier alpha value is -0.560. The SMILES string of the molecule is C#CCC(O)C1COCCO1. The van der Waals surface area contributed by atoms with Crippen molar-refractivity contribution in [2.45, 2.75) is 18.6 Å². The molecule has 2 atom stereocenters. The van der Waals surface area contributed by atoms with Crippen molar-refractivity contribution in [3.8, 4) is 12.3 Å². The van der Waals surface area contributed by atoms with E-state index in [-0.39, 0.29) is 6.10 Å². The van der Waals surface area contributed by atoms with Crippen molar-refractivity contribution < 1.29 is 14.6 Å². The summed E-state index contributed by atoms with van der Waals surface area (Å²) in [6.07, 6.45) is 4.54. The molecule has 0 amide bonds. The Morgan fingerprint density at radius 3 is 3.00 bits per heavy atom. The second kappa shape index (κ2) is 4.35. The summed E-state index contributed by atoms with van der Waals surface area (Å²) in [5.41, 5.74) is 0. The summed E-state index contributed by atoms with van der Waals surface area (Å²) in [5.74, 6) is 2.38. The van der Waals surface area contributed by atoms with Crippen molar-refractivity contribution in [3.63, 3.8) is 0 Å². The van der Waals surface area contributed by atoms with Crippen LogP contribution in [0.25, 0.3) is 0 Å². The quantitative estimate of drug-likeness (QED) is 0.562. The summed E-state index contributed by atoms with van der Waals surface area (Å²) in [6, 6.07) is 0. The largest absolute Gasteiger partial charge is 0.389 e. The number of hydrogen-bond acceptors (Lipinski definition) is 3. The Bertz CT molecular complexity index is 144. The van der Waals surface area contributed by atoms with Gasteiger partial charge in [-0.2, -0.15) is 0 Å². The fourth-order valence-corrected chi connectivity index (χ4v) is 0.980. The molecule has 1 aliphatic rings. The third-order valence-electron chi connectivity index (χ3n) is 1.60. The van der Waals surface area contributed by atoms with Crippen molar-refractivity contribution in [2.75, 3.05) is 19.8 Å².